The minimum atomic E-state index is -0.0576. The number of hydrogen-bond acceptors (Lipinski definition) is 1. The number of aryl methyl sites for hydroxylation is 2. The van der Waals surface area contributed by atoms with Gasteiger partial charge in [-0.25, -0.2) is 4.98 Å². The van der Waals surface area contributed by atoms with Crippen molar-refractivity contribution in [2.75, 3.05) is 0 Å². The van der Waals surface area contributed by atoms with Crippen LogP contribution in [0.25, 0.3) is 50.5 Å². The Bertz CT molecular complexity index is 2110. The van der Waals surface area contributed by atoms with Crippen LogP contribution >= 0.6 is 0 Å². The Labute approximate surface area is 272 Å². The Hall–Kier alpha value is -5.47. The number of imidazole rings is 1. The molecule has 46 heavy (non-hydrogen) atoms. The topological polar surface area (TPSA) is 17.8 Å². The summed E-state index contributed by atoms with van der Waals surface area (Å²) in [7, 11) is 0. The van der Waals surface area contributed by atoms with Crippen LogP contribution in [0.5, 0.6) is 0 Å². The highest BCUT2D eigenvalue weighted by molar-refractivity contribution is 5.78. The second-order valence-electron chi connectivity index (χ2n) is 12.7. The standard InChI is InChI=1S/C44H38N2/c1-31-12-8-13-32(2)42(31)46-27-26-45-43(46)39-19-11-18-38(30-39)37-17-10-16-36(29-37)35-15-9-14-34(28-35)33-22-24-41(25-23-33)44(3,4)40-20-6-5-7-21-40/h5-30H,1-4H3. The molecule has 0 fully saturated rings. The molecule has 0 spiro atoms. The molecule has 0 radical (unpaired) electrons. The zero-order valence-corrected chi connectivity index (χ0v) is 26.9. The Morgan fingerprint density at radius 2 is 0.913 bits per heavy atom. The molecule has 7 rings (SSSR count). The van der Waals surface area contributed by atoms with E-state index in [-0.39, 0.29) is 5.41 Å². The van der Waals surface area contributed by atoms with E-state index in [9.17, 15) is 0 Å². The van der Waals surface area contributed by atoms with Crippen LogP contribution < -0.4 is 0 Å². The molecular formula is C44H38N2. The Morgan fingerprint density at radius 3 is 1.48 bits per heavy atom. The molecule has 224 valence electrons. The van der Waals surface area contributed by atoms with Crippen LogP contribution in [0.4, 0.5) is 0 Å². The van der Waals surface area contributed by atoms with E-state index in [1.807, 2.05) is 6.20 Å². The molecule has 0 aliphatic carbocycles. The Kier molecular flexibility index (Phi) is 7.72. The predicted octanol–water partition coefficient (Wildman–Crippen LogP) is 11.5. The molecule has 0 N–H and O–H groups in total. The molecule has 0 aliphatic heterocycles. The first kappa shape index (κ1) is 29.3. The van der Waals surface area contributed by atoms with Crippen LogP contribution in [-0.2, 0) is 5.41 Å². The highest BCUT2D eigenvalue weighted by atomic mass is 15.1. The molecule has 6 aromatic carbocycles. The van der Waals surface area contributed by atoms with E-state index >= 15 is 0 Å². The van der Waals surface area contributed by atoms with Crippen LogP contribution in [0.1, 0.15) is 36.1 Å². The fourth-order valence-electron chi connectivity index (χ4n) is 6.58. The van der Waals surface area contributed by atoms with E-state index in [1.54, 1.807) is 0 Å². The van der Waals surface area contributed by atoms with Crippen LogP contribution in [0, 0.1) is 13.8 Å². The lowest BCUT2D eigenvalue weighted by molar-refractivity contribution is 0.641. The van der Waals surface area contributed by atoms with Crippen molar-refractivity contribution in [1.82, 2.24) is 9.55 Å². The van der Waals surface area contributed by atoms with Crippen molar-refractivity contribution in [3.63, 3.8) is 0 Å². The number of aromatic nitrogens is 2. The molecule has 0 saturated heterocycles. The maximum absolute atomic E-state index is 4.78. The third-order valence-electron chi connectivity index (χ3n) is 9.27. The summed E-state index contributed by atoms with van der Waals surface area (Å²) in [5, 5.41) is 0. The second-order valence-corrected chi connectivity index (χ2v) is 12.7. The van der Waals surface area contributed by atoms with Gasteiger partial charge in [-0.05, 0) is 87.7 Å². The van der Waals surface area contributed by atoms with Crippen LogP contribution in [0.3, 0.4) is 0 Å². The SMILES string of the molecule is Cc1cccc(C)c1-n1ccnc1-c1cccc(-c2cccc(-c3cccc(-c4ccc(C(C)(C)c5ccccc5)cc4)c3)c2)c1. The van der Waals surface area contributed by atoms with Crippen LogP contribution in [0.15, 0.2) is 158 Å². The fraction of sp³-hybridized carbons (Fsp3) is 0.114. The van der Waals surface area contributed by atoms with Crippen LogP contribution in [0.2, 0.25) is 0 Å². The number of nitrogens with zero attached hydrogens (tertiary/aromatic N) is 2. The zero-order valence-electron chi connectivity index (χ0n) is 26.9. The van der Waals surface area contributed by atoms with Gasteiger partial charge in [0.2, 0.25) is 0 Å². The average Bonchev–Trinajstić information content (AvgIpc) is 3.58. The summed E-state index contributed by atoms with van der Waals surface area (Å²) in [6.45, 7) is 8.90. The summed E-state index contributed by atoms with van der Waals surface area (Å²) >= 11 is 0. The molecule has 1 heterocycles. The maximum atomic E-state index is 4.78. The first-order valence-corrected chi connectivity index (χ1v) is 16.0. The van der Waals surface area contributed by atoms with Gasteiger partial charge in [-0.3, -0.25) is 4.57 Å². The van der Waals surface area contributed by atoms with Crippen molar-refractivity contribution in [2.45, 2.75) is 33.1 Å². The lowest BCUT2D eigenvalue weighted by atomic mass is 9.78. The van der Waals surface area contributed by atoms with Crippen molar-refractivity contribution in [1.29, 1.82) is 0 Å². The van der Waals surface area contributed by atoms with Crippen molar-refractivity contribution >= 4 is 0 Å². The first-order chi connectivity index (χ1) is 22.4. The number of rotatable bonds is 7. The van der Waals surface area contributed by atoms with E-state index in [4.69, 9.17) is 4.98 Å². The quantitative estimate of drug-likeness (QED) is 0.179. The van der Waals surface area contributed by atoms with Gasteiger partial charge in [-0.1, -0.05) is 141 Å². The molecule has 2 heteroatoms. The van der Waals surface area contributed by atoms with Gasteiger partial charge in [0.05, 0.1) is 5.69 Å². The molecule has 0 amide bonds. The third-order valence-corrected chi connectivity index (χ3v) is 9.27. The minimum absolute atomic E-state index is 0.0576. The van der Waals surface area contributed by atoms with Gasteiger partial charge in [0.15, 0.2) is 0 Å². The van der Waals surface area contributed by atoms with Gasteiger partial charge in [-0.2, -0.15) is 0 Å². The molecule has 7 aromatic rings. The van der Waals surface area contributed by atoms with E-state index in [2.05, 4.69) is 184 Å². The summed E-state index contributed by atoms with van der Waals surface area (Å²) < 4.78 is 2.21. The van der Waals surface area contributed by atoms with Gasteiger partial charge in [0, 0.05) is 23.4 Å². The Balaban J connectivity index is 1.18. The minimum Gasteiger partial charge on any atom is -0.299 e. The molecule has 0 atom stereocenters. The molecule has 0 saturated carbocycles. The number of benzene rings is 6. The van der Waals surface area contributed by atoms with Crippen molar-refractivity contribution in [2.24, 2.45) is 0 Å². The van der Waals surface area contributed by atoms with Gasteiger partial charge in [0.1, 0.15) is 5.82 Å². The molecule has 1 aromatic heterocycles. The summed E-state index contributed by atoms with van der Waals surface area (Å²) in [4.78, 5) is 4.78. The maximum Gasteiger partial charge on any atom is 0.144 e. The third kappa shape index (κ3) is 5.59. The summed E-state index contributed by atoms with van der Waals surface area (Å²) in [6, 6.07) is 52.6. The monoisotopic (exact) mass is 594 g/mol. The highest BCUT2D eigenvalue weighted by Crippen LogP contribution is 2.35. The summed E-state index contributed by atoms with van der Waals surface area (Å²) in [5.41, 5.74) is 14.5. The lowest BCUT2D eigenvalue weighted by Crippen LogP contribution is -2.18. The fourth-order valence-corrected chi connectivity index (χ4v) is 6.58. The van der Waals surface area contributed by atoms with E-state index < -0.39 is 0 Å². The number of hydrogen-bond donors (Lipinski definition) is 0. The second kappa shape index (κ2) is 12.1. The van der Waals surface area contributed by atoms with Crippen LogP contribution in [-0.4, -0.2) is 9.55 Å². The molecule has 0 aliphatic rings. The molecule has 2 nitrogen and oxygen atoms in total. The van der Waals surface area contributed by atoms with Crippen molar-refractivity contribution < 1.29 is 0 Å². The van der Waals surface area contributed by atoms with Crippen molar-refractivity contribution in [3.05, 3.63) is 180 Å². The first-order valence-electron chi connectivity index (χ1n) is 16.0. The summed E-state index contributed by atoms with van der Waals surface area (Å²) in [5.74, 6) is 0.946. The summed E-state index contributed by atoms with van der Waals surface area (Å²) in [6.07, 6.45) is 3.95. The normalized spacial score (nSPS) is 11.5. The largest absolute Gasteiger partial charge is 0.299 e. The molecule has 0 unspecified atom stereocenters. The highest BCUT2D eigenvalue weighted by Gasteiger charge is 2.22. The van der Waals surface area contributed by atoms with E-state index in [0.717, 1.165) is 11.4 Å². The Morgan fingerprint density at radius 1 is 0.457 bits per heavy atom. The molecule has 0 bridgehead atoms. The van der Waals surface area contributed by atoms with Gasteiger partial charge >= 0.3 is 0 Å². The van der Waals surface area contributed by atoms with E-state index in [1.165, 1.54) is 61.3 Å². The lowest BCUT2D eigenvalue weighted by Gasteiger charge is -2.26. The van der Waals surface area contributed by atoms with Crippen molar-refractivity contribution in [3.8, 4) is 50.5 Å². The smallest absolute Gasteiger partial charge is 0.144 e. The zero-order chi connectivity index (χ0) is 31.7. The molecular weight excluding hydrogens is 556 g/mol. The van der Waals surface area contributed by atoms with Gasteiger partial charge in [-0.15, -0.1) is 0 Å². The van der Waals surface area contributed by atoms with Gasteiger partial charge in [0.25, 0.3) is 0 Å². The van der Waals surface area contributed by atoms with E-state index in [0.29, 0.717) is 0 Å². The number of para-hydroxylation sites is 1. The average molecular weight is 595 g/mol. The predicted molar refractivity (Wildman–Crippen MR) is 193 cm³/mol. The van der Waals surface area contributed by atoms with Gasteiger partial charge < -0.3 is 0 Å².